The van der Waals surface area contributed by atoms with E-state index in [-0.39, 0.29) is 11.6 Å². The largest absolute Gasteiger partial charge is 0.506 e. The molecule has 0 aliphatic heterocycles. The predicted molar refractivity (Wildman–Crippen MR) is 55.7 cm³/mol. The van der Waals surface area contributed by atoms with E-state index in [9.17, 15) is 5.11 Å². The molecule has 0 spiro atoms. The third kappa shape index (κ3) is 1.46. The second kappa shape index (κ2) is 3.34. The van der Waals surface area contributed by atoms with Gasteiger partial charge in [-0.2, -0.15) is 0 Å². The van der Waals surface area contributed by atoms with E-state index in [1.807, 2.05) is 0 Å². The molecule has 1 heterocycles. The van der Waals surface area contributed by atoms with Crippen LogP contribution < -0.4 is 5.73 Å². The zero-order chi connectivity index (χ0) is 10.1. The molecule has 14 heavy (non-hydrogen) atoms. The van der Waals surface area contributed by atoms with Gasteiger partial charge in [-0.25, -0.2) is 0 Å². The molecule has 1 aromatic carbocycles. The van der Waals surface area contributed by atoms with Crippen LogP contribution in [0.4, 0.5) is 5.88 Å². The van der Waals surface area contributed by atoms with Crippen molar-refractivity contribution < 1.29 is 9.63 Å². The van der Waals surface area contributed by atoms with Gasteiger partial charge < -0.3 is 15.4 Å². The third-order valence-corrected chi connectivity index (χ3v) is 2.43. The summed E-state index contributed by atoms with van der Waals surface area (Å²) in [7, 11) is 0. The maximum Gasteiger partial charge on any atom is 0.222 e. The maximum atomic E-state index is 9.69. The lowest BCUT2D eigenvalue weighted by atomic mass is 10.1. The summed E-state index contributed by atoms with van der Waals surface area (Å²) in [5, 5.41) is 13.4. The highest BCUT2D eigenvalue weighted by Crippen LogP contribution is 2.34. The minimum atomic E-state index is 0.126. The van der Waals surface area contributed by atoms with Gasteiger partial charge in [0.15, 0.2) is 0 Å². The van der Waals surface area contributed by atoms with E-state index >= 15 is 0 Å². The van der Waals surface area contributed by atoms with Gasteiger partial charge in [-0.05, 0) is 28.1 Å². The topological polar surface area (TPSA) is 72.3 Å². The highest BCUT2D eigenvalue weighted by atomic mass is 79.9. The number of anilines is 1. The lowest BCUT2D eigenvalue weighted by Gasteiger charge is -2.01. The highest BCUT2D eigenvalue weighted by molar-refractivity contribution is 9.10. The summed E-state index contributed by atoms with van der Waals surface area (Å²) in [6.07, 6.45) is 0. The molecule has 5 heteroatoms. The summed E-state index contributed by atoms with van der Waals surface area (Å²) in [6.45, 7) is 0. The summed E-state index contributed by atoms with van der Waals surface area (Å²) in [4.78, 5) is 0. The second-order valence-electron chi connectivity index (χ2n) is 2.75. The standard InChI is InChI=1S/C9H7BrN2O2/c10-6-3-1-2-5(9(6)13)7-4-8(11)14-12-7/h1-4,13H,11H2. The first-order chi connectivity index (χ1) is 6.68. The number of hydrogen-bond donors (Lipinski definition) is 2. The van der Waals surface area contributed by atoms with Gasteiger partial charge in [0.25, 0.3) is 0 Å². The van der Waals surface area contributed by atoms with Crippen molar-refractivity contribution in [2.75, 3.05) is 5.73 Å². The van der Waals surface area contributed by atoms with Crippen molar-refractivity contribution in [3.8, 4) is 17.0 Å². The number of hydrogen-bond acceptors (Lipinski definition) is 4. The van der Waals surface area contributed by atoms with E-state index in [4.69, 9.17) is 10.3 Å². The van der Waals surface area contributed by atoms with Gasteiger partial charge >= 0.3 is 0 Å². The molecule has 0 aliphatic rings. The van der Waals surface area contributed by atoms with Crippen LogP contribution in [0.1, 0.15) is 0 Å². The van der Waals surface area contributed by atoms with Crippen molar-refractivity contribution >= 4 is 21.8 Å². The fraction of sp³-hybridized carbons (Fsp3) is 0. The summed E-state index contributed by atoms with van der Waals surface area (Å²) in [5.74, 6) is 0.347. The van der Waals surface area contributed by atoms with Crippen LogP contribution in [0.25, 0.3) is 11.3 Å². The van der Waals surface area contributed by atoms with Crippen LogP contribution in [-0.4, -0.2) is 10.3 Å². The monoisotopic (exact) mass is 254 g/mol. The molecule has 0 saturated heterocycles. The second-order valence-corrected chi connectivity index (χ2v) is 3.60. The number of nitrogens with two attached hydrogens (primary N) is 1. The van der Waals surface area contributed by atoms with Crippen molar-refractivity contribution in [3.63, 3.8) is 0 Å². The molecule has 3 N–H and O–H groups in total. The molecule has 0 fully saturated rings. The van der Waals surface area contributed by atoms with E-state index in [1.54, 1.807) is 24.3 Å². The fourth-order valence-corrected chi connectivity index (χ4v) is 1.50. The quantitative estimate of drug-likeness (QED) is 0.820. The van der Waals surface area contributed by atoms with Crippen LogP contribution in [0.5, 0.6) is 5.75 Å². The minimum absolute atomic E-state index is 0.126. The molecule has 0 radical (unpaired) electrons. The van der Waals surface area contributed by atoms with E-state index in [1.165, 1.54) is 0 Å². The summed E-state index contributed by atoms with van der Waals surface area (Å²) >= 11 is 3.21. The van der Waals surface area contributed by atoms with Gasteiger partial charge in [0, 0.05) is 11.6 Å². The van der Waals surface area contributed by atoms with Gasteiger partial charge in [-0.3, -0.25) is 0 Å². The molecule has 1 aromatic heterocycles. The number of aromatic nitrogens is 1. The Morgan fingerprint density at radius 1 is 1.43 bits per heavy atom. The molecule has 2 aromatic rings. The van der Waals surface area contributed by atoms with Crippen LogP contribution in [0, 0.1) is 0 Å². The summed E-state index contributed by atoms with van der Waals surface area (Å²) < 4.78 is 5.32. The van der Waals surface area contributed by atoms with Crippen molar-refractivity contribution in [3.05, 3.63) is 28.7 Å². The zero-order valence-corrected chi connectivity index (χ0v) is 8.65. The Kier molecular flexibility index (Phi) is 2.17. The van der Waals surface area contributed by atoms with Crippen LogP contribution in [0.3, 0.4) is 0 Å². The van der Waals surface area contributed by atoms with Crippen LogP contribution in [-0.2, 0) is 0 Å². The Bertz CT molecular complexity index is 468. The molecule has 0 bridgehead atoms. The molecule has 0 aliphatic carbocycles. The van der Waals surface area contributed by atoms with Crippen LogP contribution >= 0.6 is 15.9 Å². The first-order valence-electron chi connectivity index (χ1n) is 3.88. The Morgan fingerprint density at radius 3 is 2.86 bits per heavy atom. The van der Waals surface area contributed by atoms with Gasteiger partial charge in [0.05, 0.1) is 4.47 Å². The molecule has 4 nitrogen and oxygen atoms in total. The normalized spacial score (nSPS) is 10.4. The number of nitrogen functional groups attached to an aromatic ring is 1. The molecule has 0 saturated carbocycles. The number of rotatable bonds is 1. The third-order valence-electron chi connectivity index (χ3n) is 1.79. The predicted octanol–water partition coefficient (Wildman–Crippen LogP) is 2.39. The molecular formula is C9H7BrN2O2. The SMILES string of the molecule is Nc1cc(-c2cccc(Br)c2O)no1. The van der Waals surface area contributed by atoms with Crippen LogP contribution in [0.2, 0.25) is 0 Å². The first-order valence-corrected chi connectivity index (χ1v) is 4.68. The number of para-hydroxylation sites is 1. The number of nitrogens with zero attached hydrogens (tertiary/aromatic N) is 1. The molecular weight excluding hydrogens is 248 g/mol. The molecule has 72 valence electrons. The summed E-state index contributed by atoms with van der Waals surface area (Å²) in [6, 6.07) is 6.82. The number of phenolic OH excluding ortho intramolecular Hbond substituents is 1. The summed E-state index contributed by atoms with van der Waals surface area (Å²) in [5.41, 5.74) is 6.48. The van der Waals surface area contributed by atoms with Crippen molar-refractivity contribution in [2.24, 2.45) is 0 Å². The Hall–Kier alpha value is -1.49. The van der Waals surface area contributed by atoms with Crippen molar-refractivity contribution in [1.29, 1.82) is 0 Å². The Balaban J connectivity index is 2.57. The van der Waals surface area contributed by atoms with Crippen molar-refractivity contribution in [2.45, 2.75) is 0 Å². The van der Waals surface area contributed by atoms with E-state index in [2.05, 4.69) is 21.1 Å². The first kappa shape index (κ1) is 9.08. The molecule has 0 unspecified atom stereocenters. The van der Waals surface area contributed by atoms with E-state index < -0.39 is 0 Å². The number of halogens is 1. The number of phenols is 1. The average Bonchev–Trinajstić information content (AvgIpc) is 2.57. The minimum Gasteiger partial charge on any atom is -0.506 e. The van der Waals surface area contributed by atoms with E-state index in [0.717, 1.165) is 0 Å². The highest BCUT2D eigenvalue weighted by Gasteiger charge is 2.10. The Labute approximate surface area is 88.5 Å². The lowest BCUT2D eigenvalue weighted by molar-refractivity contribution is 0.437. The van der Waals surface area contributed by atoms with Gasteiger partial charge in [0.1, 0.15) is 11.4 Å². The average molecular weight is 255 g/mol. The number of aromatic hydroxyl groups is 1. The maximum absolute atomic E-state index is 9.69. The van der Waals surface area contributed by atoms with E-state index in [0.29, 0.717) is 15.7 Å². The van der Waals surface area contributed by atoms with Gasteiger partial charge in [-0.1, -0.05) is 11.2 Å². The lowest BCUT2D eigenvalue weighted by Crippen LogP contribution is -1.79. The molecule has 2 rings (SSSR count). The van der Waals surface area contributed by atoms with Crippen molar-refractivity contribution in [1.82, 2.24) is 5.16 Å². The Morgan fingerprint density at radius 2 is 2.21 bits per heavy atom. The zero-order valence-electron chi connectivity index (χ0n) is 7.07. The smallest absolute Gasteiger partial charge is 0.222 e. The fourth-order valence-electron chi connectivity index (χ4n) is 1.14. The van der Waals surface area contributed by atoms with Gasteiger partial charge in [-0.15, -0.1) is 0 Å². The molecule has 0 atom stereocenters. The molecule has 0 amide bonds. The van der Waals surface area contributed by atoms with Crippen LogP contribution in [0.15, 0.2) is 33.3 Å². The number of benzene rings is 1. The van der Waals surface area contributed by atoms with Gasteiger partial charge in [0.2, 0.25) is 5.88 Å².